The smallest absolute Gasteiger partial charge is 0.267 e. The van der Waals surface area contributed by atoms with E-state index >= 15 is 0 Å². The van der Waals surface area contributed by atoms with Crippen molar-refractivity contribution in [2.24, 2.45) is 0 Å². The van der Waals surface area contributed by atoms with Gasteiger partial charge in [-0.1, -0.05) is 30.3 Å². The fraction of sp³-hybridized carbons (Fsp3) is 0.261. The molecule has 1 amide bonds. The number of benzene rings is 2. The van der Waals surface area contributed by atoms with E-state index < -0.39 is 5.54 Å². The number of carbonyl (C=O) groups is 1. The third kappa shape index (κ3) is 3.66. The van der Waals surface area contributed by atoms with E-state index in [9.17, 15) is 9.59 Å². The molecule has 4 rings (SSSR count). The maximum Gasteiger partial charge on any atom is 0.267 e. The Bertz CT molecular complexity index is 1140. The number of hydrogen-bond donors (Lipinski definition) is 0. The number of likely N-dealkylation sites (N-methyl/N-ethyl adjacent to an activating group) is 1. The van der Waals surface area contributed by atoms with E-state index in [1.54, 1.807) is 37.9 Å². The molecule has 0 fully saturated rings. The van der Waals surface area contributed by atoms with Crippen LogP contribution in [0.2, 0.25) is 0 Å². The van der Waals surface area contributed by atoms with E-state index in [0.29, 0.717) is 23.7 Å². The minimum Gasteiger partial charge on any atom is -0.454 e. The first-order chi connectivity index (χ1) is 14.4. The van der Waals surface area contributed by atoms with Gasteiger partial charge in [0.25, 0.3) is 5.56 Å². The van der Waals surface area contributed by atoms with Crippen molar-refractivity contribution in [2.45, 2.75) is 25.9 Å². The van der Waals surface area contributed by atoms with Crippen molar-refractivity contribution in [3.8, 4) is 22.8 Å². The summed E-state index contributed by atoms with van der Waals surface area (Å²) >= 11 is 0. The molecule has 0 bridgehead atoms. The first-order valence-corrected chi connectivity index (χ1v) is 9.66. The molecule has 1 aromatic heterocycles. The normalized spacial score (nSPS) is 12.6. The molecule has 0 atom stereocenters. The van der Waals surface area contributed by atoms with Crippen molar-refractivity contribution in [3.05, 3.63) is 76.6 Å². The molecule has 0 unspecified atom stereocenters. The van der Waals surface area contributed by atoms with Gasteiger partial charge in [0.1, 0.15) is 5.54 Å². The van der Waals surface area contributed by atoms with Crippen LogP contribution in [0.3, 0.4) is 0 Å². The number of amides is 1. The van der Waals surface area contributed by atoms with E-state index in [0.717, 1.165) is 11.1 Å². The molecule has 30 heavy (non-hydrogen) atoms. The quantitative estimate of drug-likeness (QED) is 0.652. The number of ether oxygens (including phenoxy) is 2. The van der Waals surface area contributed by atoms with Crippen LogP contribution >= 0.6 is 0 Å². The monoisotopic (exact) mass is 405 g/mol. The predicted octanol–water partition coefficient (Wildman–Crippen LogP) is 3.03. The van der Waals surface area contributed by atoms with Gasteiger partial charge in [-0.15, -0.1) is 0 Å². The average molecular weight is 405 g/mol. The summed E-state index contributed by atoms with van der Waals surface area (Å²) in [4.78, 5) is 27.4. The lowest BCUT2D eigenvalue weighted by Crippen LogP contribution is -2.50. The molecule has 2 aromatic carbocycles. The van der Waals surface area contributed by atoms with Crippen molar-refractivity contribution >= 4 is 5.91 Å². The summed E-state index contributed by atoms with van der Waals surface area (Å²) < 4.78 is 12.0. The summed E-state index contributed by atoms with van der Waals surface area (Å²) in [5, 5.41) is 4.51. The van der Waals surface area contributed by atoms with Gasteiger partial charge >= 0.3 is 0 Å². The van der Waals surface area contributed by atoms with E-state index in [-0.39, 0.29) is 18.3 Å². The van der Waals surface area contributed by atoms with Gasteiger partial charge in [0.2, 0.25) is 12.7 Å². The van der Waals surface area contributed by atoms with Crippen LogP contribution in [-0.2, 0) is 16.9 Å². The van der Waals surface area contributed by atoms with Crippen molar-refractivity contribution in [2.75, 3.05) is 13.8 Å². The highest BCUT2D eigenvalue weighted by atomic mass is 16.7. The van der Waals surface area contributed by atoms with Gasteiger partial charge < -0.3 is 14.4 Å². The van der Waals surface area contributed by atoms with Gasteiger partial charge in [0, 0.05) is 25.2 Å². The lowest BCUT2D eigenvalue weighted by atomic mass is 10.0. The molecular formula is C23H23N3O4. The minimum absolute atomic E-state index is 0.182. The average Bonchev–Trinajstić information content (AvgIpc) is 3.22. The second-order valence-electron chi connectivity index (χ2n) is 7.74. The first kappa shape index (κ1) is 19.7. The number of fused-ring (bicyclic) bond motifs is 1. The third-order valence-corrected chi connectivity index (χ3v) is 5.13. The second kappa shape index (κ2) is 7.67. The Morgan fingerprint density at radius 1 is 1.07 bits per heavy atom. The molecule has 0 N–H and O–H groups in total. The highest BCUT2D eigenvalue weighted by Crippen LogP contribution is 2.35. The Hall–Kier alpha value is -3.61. The molecular weight excluding hydrogens is 382 g/mol. The molecule has 3 aromatic rings. The minimum atomic E-state index is -1.16. The molecule has 0 aliphatic carbocycles. The Morgan fingerprint density at radius 2 is 1.80 bits per heavy atom. The van der Waals surface area contributed by atoms with Crippen LogP contribution in [0, 0.1) is 0 Å². The maximum atomic E-state index is 13.2. The van der Waals surface area contributed by atoms with Gasteiger partial charge in [-0.2, -0.15) is 5.10 Å². The van der Waals surface area contributed by atoms with Gasteiger partial charge in [-0.3, -0.25) is 9.59 Å². The molecule has 0 saturated carbocycles. The zero-order chi connectivity index (χ0) is 21.3. The summed E-state index contributed by atoms with van der Waals surface area (Å²) in [6.45, 7) is 4.03. The van der Waals surface area contributed by atoms with E-state index in [2.05, 4.69) is 5.10 Å². The van der Waals surface area contributed by atoms with Crippen molar-refractivity contribution < 1.29 is 14.3 Å². The van der Waals surface area contributed by atoms with Crippen LogP contribution in [0.15, 0.2) is 65.5 Å². The summed E-state index contributed by atoms with van der Waals surface area (Å²) in [6, 6.07) is 18.3. The van der Waals surface area contributed by atoms with Crippen LogP contribution in [0.4, 0.5) is 0 Å². The summed E-state index contributed by atoms with van der Waals surface area (Å²) in [7, 11) is 1.73. The molecule has 154 valence electrons. The van der Waals surface area contributed by atoms with Crippen molar-refractivity contribution in [1.29, 1.82) is 0 Å². The van der Waals surface area contributed by atoms with Crippen LogP contribution in [-0.4, -0.2) is 34.4 Å². The molecule has 7 heteroatoms. The van der Waals surface area contributed by atoms with Crippen LogP contribution in [0.1, 0.15) is 19.4 Å². The van der Waals surface area contributed by atoms with Gasteiger partial charge in [0.05, 0.1) is 5.69 Å². The van der Waals surface area contributed by atoms with E-state index in [1.807, 2.05) is 42.5 Å². The number of carbonyl (C=O) groups excluding carboxylic acids is 1. The number of rotatable bonds is 5. The highest BCUT2D eigenvalue weighted by Gasteiger charge is 2.34. The summed E-state index contributed by atoms with van der Waals surface area (Å²) in [6.07, 6.45) is 0. The van der Waals surface area contributed by atoms with Crippen LogP contribution in [0.5, 0.6) is 11.5 Å². The zero-order valence-electron chi connectivity index (χ0n) is 17.2. The SMILES string of the molecule is CN(Cc1ccccc1)C(=O)C(C)(C)n1nc(-c2ccc3c(c2)OCO3)ccc1=O. The molecule has 1 aliphatic rings. The Labute approximate surface area is 174 Å². The second-order valence-corrected chi connectivity index (χ2v) is 7.74. The summed E-state index contributed by atoms with van der Waals surface area (Å²) in [5.74, 6) is 1.10. The van der Waals surface area contributed by atoms with E-state index in [4.69, 9.17) is 9.47 Å². The van der Waals surface area contributed by atoms with Gasteiger partial charge in [-0.05, 0) is 43.7 Å². The zero-order valence-corrected chi connectivity index (χ0v) is 17.2. The lowest BCUT2D eigenvalue weighted by molar-refractivity contribution is -0.139. The topological polar surface area (TPSA) is 73.7 Å². The third-order valence-electron chi connectivity index (χ3n) is 5.13. The molecule has 7 nitrogen and oxygen atoms in total. The molecule has 1 aliphatic heterocycles. The molecule has 0 radical (unpaired) electrons. The standard InChI is InChI=1S/C23H23N3O4/c1-23(2,22(28)25(3)14-16-7-5-4-6-8-16)26-21(27)12-10-18(24-26)17-9-11-19-20(13-17)30-15-29-19/h4-13H,14-15H2,1-3H3. The fourth-order valence-corrected chi connectivity index (χ4v) is 3.51. The van der Waals surface area contributed by atoms with Gasteiger partial charge in [-0.25, -0.2) is 4.68 Å². The van der Waals surface area contributed by atoms with Crippen molar-refractivity contribution in [1.82, 2.24) is 14.7 Å². The fourth-order valence-electron chi connectivity index (χ4n) is 3.51. The molecule has 0 saturated heterocycles. The van der Waals surface area contributed by atoms with Crippen molar-refractivity contribution in [3.63, 3.8) is 0 Å². The lowest BCUT2D eigenvalue weighted by Gasteiger charge is -2.30. The highest BCUT2D eigenvalue weighted by molar-refractivity contribution is 5.83. The Morgan fingerprint density at radius 3 is 2.57 bits per heavy atom. The number of aromatic nitrogens is 2. The Balaban J connectivity index is 1.64. The van der Waals surface area contributed by atoms with E-state index in [1.165, 1.54) is 10.7 Å². The van der Waals surface area contributed by atoms with Crippen LogP contribution < -0.4 is 15.0 Å². The van der Waals surface area contributed by atoms with Crippen LogP contribution in [0.25, 0.3) is 11.3 Å². The maximum absolute atomic E-state index is 13.2. The summed E-state index contributed by atoms with van der Waals surface area (Å²) in [5.41, 5.74) is 0.852. The molecule has 0 spiro atoms. The number of nitrogens with zero attached hydrogens (tertiary/aromatic N) is 3. The largest absolute Gasteiger partial charge is 0.454 e. The number of hydrogen-bond acceptors (Lipinski definition) is 5. The first-order valence-electron chi connectivity index (χ1n) is 9.66. The molecule has 2 heterocycles. The van der Waals surface area contributed by atoms with Gasteiger partial charge in [0.15, 0.2) is 11.5 Å². The predicted molar refractivity (Wildman–Crippen MR) is 112 cm³/mol. The Kier molecular flexibility index (Phi) is 5.03.